The Morgan fingerprint density at radius 3 is 2.82 bits per heavy atom. The molecule has 2 heterocycles. The second-order valence-electron chi connectivity index (χ2n) is 3.10. The van der Waals surface area contributed by atoms with Crippen LogP contribution < -0.4 is 5.32 Å². The Balaban J connectivity index is 2.20. The summed E-state index contributed by atoms with van der Waals surface area (Å²) in [6, 6.07) is 0. The highest BCUT2D eigenvalue weighted by atomic mass is 35.5. The van der Waals surface area contributed by atoms with Crippen molar-refractivity contribution in [3.05, 3.63) is 17.2 Å². The Morgan fingerprint density at radius 2 is 2.18 bits per heavy atom. The van der Waals surface area contributed by atoms with E-state index in [1.54, 1.807) is 6.26 Å². The number of rotatable bonds is 4. The van der Waals surface area contributed by atoms with Crippen LogP contribution >= 0.6 is 23.4 Å². The number of hydrogen-bond donors (Lipinski definition) is 1. The quantitative estimate of drug-likeness (QED) is 0.915. The maximum Gasteiger partial charge on any atom is 0.263 e. The highest BCUT2D eigenvalue weighted by molar-refractivity contribution is 7.98. The van der Waals surface area contributed by atoms with E-state index in [0.29, 0.717) is 22.9 Å². The van der Waals surface area contributed by atoms with Gasteiger partial charge < -0.3 is 9.73 Å². The van der Waals surface area contributed by atoms with Crippen LogP contribution in [0.3, 0.4) is 0 Å². The fraction of sp³-hybridized carbons (Fsp3) is 0.333. The summed E-state index contributed by atoms with van der Waals surface area (Å²) in [5.41, 5.74) is 0.805. The van der Waals surface area contributed by atoms with Gasteiger partial charge in [-0.1, -0.05) is 0 Å². The second kappa shape index (κ2) is 5.33. The van der Waals surface area contributed by atoms with Crippen molar-refractivity contribution in [3.8, 4) is 0 Å². The van der Waals surface area contributed by atoms with Gasteiger partial charge in [0.15, 0.2) is 0 Å². The SMILES string of the molecule is CCNc1nc(Cl)nc(Sc2nc(C)co2)n1. The third-order valence-electron chi connectivity index (χ3n) is 1.70. The van der Waals surface area contributed by atoms with Crippen LogP contribution in [0.4, 0.5) is 5.95 Å². The number of nitrogens with zero attached hydrogens (tertiary/aromatic N) is 4. The van der Waals surface area contributed by atoms with Crippen LogP contribution in [-0.2, 0) is 0 Å². The van der Waals surface area contributed by atoms with Crippen molar-refractivity contribution in [1.29, 1.82) is 0 Å². The number of aryl methyl sites for hydroxylation is 1. The first-order valence-corrected chi connectivity index (χ1v) is 6.12. The zero-order chi connectivity index (χ0) is 12.3. The molecule has 8 heteroatoms. The third-order valence-corrected chi connectivity index (χ3v) is 2.60. The van der Waals surface area contributed by atoms with E-state index >= 15 is 0 Å². The summed E-state index contributed by atoms with van der Waals surface area (Å²) >= 11 is 6.99. The average Bonchev–Trinajstić information content (AvgIpc) is 2.63. The summed E-state index contributed by atoms with van der Waals surface area (Å²) in [4.78, 5) is 16.2. The van der Waals surface area contributed by atoms with Crippen molar-refractivity contribution < 1.29 is 4.42 Å². The predicted octanol–water partition coefficient (Wildman–Crippen LogP) is 2.40. The Kier molecular flexibility index (Phi) is 3.80. The fourth-order valence-corrected chi connectivity index (χ4v) is 1.99. The van der Waals surface area contributed by atoms with E-state index < -0.39 is 0 Å². The van der Waals surface area contributed by atoms with E-state index in [1.807, 2.05) is 13.8 Å². The van der Waals surface area contributed by atoms with Crippen LogP contribution in [0, 0.1) is 6.92 Å². The molecular weight excluding hydrogens is 262 g/mol. The average molecular weight is 272 g/mol. The van der Waals surface area contributed by atoms with Gasteiger partial charge in [0.25, 0.3) is 5.22 Å². The summed E-state index contributed by atoms with van der Waals surface area (Å²) in [6.45, 7) is 4.50. The molecule has 2 aromatic rings. The fourth-order valence-electron chi connectivity index (χ4n) is 1.07. The molecule has 0 fully saturated rings. The maximum atomic E-state index is 5.79. The van der Waals surface area contributed by atoms with Gasteiger partial charge in [0.05, 0.1) is 5.69 Å². The first-order chi connectivity index (χ1) is 8.17. The molecule has 0 amide bonds. The zero-order valence-corrected chi connectivity index (χ0v) is 10.8. The van der Waals surface area contributed by atoms with E-state index in [0.717, 1.165) is 5.69 Å². The van der Waals surface area contributed by atoms with Crippen molar-refractivity contribution >= 4 is 29.3 Å². The minimum atomic E-state index is 0.140. The Morgan fingerprint density at radius 1 is 1.35 bits per heavy atom. The van der Waals surface area contributed by atoms with Crippen molar-refractivity contribution in [1.82, 2.24) is 19.9 Å². The lowest BCUT2D eigenvalue weighted by Gasteiger charge is -2.02. The second-order valence-corrected chi connectivity index (χ2v) is 4.35. The lowest BCUT2D eigenvalue weighted by molar-refractivity contribution is 0.453. The van der Waals surface area contributed by atoms with E-state index in [1.165, 1.54) is 11.8 Å². The van der Waals surface area contributed by atoms with Crippen molar-refractivity contribution in [3.63, 3.8) is 0 Å². The van der Waals surface area contributed by atoms with Gasteiger partial charge in [-0.15, -0.1) is 0 Å². The minimum absolute atomic E-state index is 0.140. The van der Waals surface area contributed by atoms with Gasteiger partial charge in [0.2, 0.25) is 16.4 Å². The topological polar surface area (TPSA) is 76.7 Å². The summed E-state index contributed by atoms with van der Waals surface area (Å²) in [7, 11) is 0. The molecule has 0 aliphatic carbocycles. The smallest absolute Gasteiger partial charge is 0.263 e. The van der Waals surface area contributed by atoms with Gasteiger partial charge in [0.1, 0.15) is 6.26 Å². The van der Waals surface area contributed by atoms with Crippen molar-refractivity contribution in [2.75, 3.05) is 11.9 Å². The number of oxazole rings is 1. The number of aromatic nitrogens is 4. The molecule has 2 rings (SSSR count). The molecule has 0 aliphatic heterocycles. The minimum Gasteiger partial charge on any atom is -0.439 e. The lowest BCUT2D eigenvalue weighted by atomic mass is 10.6. The molecule has 0 unspecified atom stereocenters. The highest BCUT2D eigenvalue weighted by Crippen LogP contribution is 2.24. The van der Waals surface area contributed by atoms with Crippen LogP contribution in [0.2, 0.25) is 5.28 Å². The largest absolute Gasteiger partial charge is 0.439 e. The van der Waals surface area contributed by atoms with Crippen LogP contribution in [-0.4, -0.2) is 26.5 Å². The van der Waals surface area contributed by atoms with E-state index in [2.05, 4.69) is 25.3 Å². The number of halogens is 1. The van der Waals surface area contributed by atoms with Gasteiger partial charge in [0, 0.05) is 18.3 Å². The number of anilines is 1. The van der Waals surface area contributed by atoms with E-state index in [9.17, 15) is 0 Å². The summed E-state index contributed by atoms with van der Waals surface area (Å²) in [5, 5.41) is 4.04. The molecule has 0 saturated carbocycles. The van der Waals surface area contributed by atoms with Crippen molar-refractivity contribution in [2.24, 2.45) is 0 Å². The first kappa shape index (κ1) is 12.1. The molecule has 0 radical (unpaired) electrons. The Hall–Kier alpha value is -1.34. The molecule has 0 spiro atoms. The Labute approximate surface area is 107 Å². The van der Waals surface area contributed by atoms with Crippen LogP contribution in [0.15, 0.2) is 21.1 Å². The van der Waals surface area contributed by atoms with Gasteiger partial charge in [-0.25, -0.2) is 4.98 Å². The summed E-state index contributed by atoms with van der Waals surface area (Å²) in [5.74, 6) is 0.443. The third kappa shape index (κ3) is 3.31. The molecule has 0 aliphatic rings. The molecule has 6 nitrogen and oxygen atoms in total. The molecule has 0 atom stereocenters. The Bertz CT molecular complexity index is 518. The highest BCUT2D eigenvalue weighted by Gasteiger charge is 2.09. The molecule has 17 heavy (non-hydrogen) atoms. The van der Waals surface area contributed by atoms with E-state index in [-0.39, 0.29) is 5.28 Å². The lowest BCUT2D eigenvalue weighted by Crippen LogP contribution is -2.04. The maximum absolute atomic E-state index is 5.79. The first-order valence-electron chi connectivity index (χ1n) is 4.93. The zero-order valence-electron chi connectivity index (χ0n) is 9.27. The summed E-state index contributed by atoms with van der Waals surface area (Å²) < 4.78 is 5.20. The molecular formula is C9H10ClN5OS. The normalized spacial score (nSPS) is 10.5. The van der Waals surface area contributed by atoms with Gasteiger partial charge in [-0.3, -0.25) is 0 Å². The standard InChI is InChI=1S/C9H10ClN5OS/c1-3-11-7-13-6(10)14-8(15-7)17-9-12-5(2)4-16-9/h4H,3H2,1-2H3,(H,11,13,14,15). The van der Waals surface area contributed by atoms with Crippen LogP contribution in [0.25, 0.3) is 0 Å². The van der Waals surface area contributed by atoms with Crippen LogP contribution in [0.5, 0.6) is 0 Å². The molecule has 2 aromatic heterocycles. The van der Waals surface area contributed by atoms with Gasteiger partial charge >= 0.3 is 0 Å². The molecule has 0 bridgehead atoms. The number of hydrogen-bond acceptors (Lipinski definition) is 7. The molecule has 90 valence electrons. The van der Waals surface area contributed by atoms with Gasteiger partial charge in [-0.05, 0) is 25.4 Å². The van der Waals surface area contributed by atoms with Gasteiger partial charge in [-0.2, -0.15) is 15.0 Å². The number of nitrogens with one attached hydrogen (secondary N) is 1. The van der Waals surface area contributed by atoms with Crippen LogP contribution in [0.1, 0.15) is 12.6 Å². The molecule has 1 N–H and O–H groups in total. The van der Waals surface area contributed by atoms with Crippen molar-refractivity contribution in [2.45, 2.75) is 24.2 Å². The summed E-state index contributed by atoms with van der Waals surface area (Å²) in [6.07, 6.45) is 1.57. The molecule has 0 saturated heterocycles. The predicted molar refractivity (Wildman–Crippen MR) is 64.4 cm³/mol. The van der Waals surface area contributed by atoms with E-state index in [4.69, 9.17) is 16.0 Å². The molecule has 0 aromatic carbocycles. The monoisotopic (exact) mass is 271 g/mol.